The second-order valence-corrected chi connectivity index (χ2v) is 5.91. The van der Waals surface area contributed by atoms with Crippen LogP contribution in [0.4, 0.5) is 0 Å². The molecule has 6 heteroatoms. The standard InChI is InChI=1S/C7H9NO3S2/c1-8-4-5(9)7-6(2-3-12-7)13(8,10)11/h2-3,5,9H,4H2,1H3. The van der Waals surface area contributed by atoms with E-state index in [1.165, 1.54) is 28.8 Å². The summed E-state index contributed by atoms with van der Waals surface area (Å²) in [5, 5.41) is 11.2. The molecule has 0 aromatic carbocycles. The van der Waals surface area contributed by atoms with Crippen molar-refractivity contribution in [3.8, 4) is 0 Å². The lowest BCUT2D eigenvalue weighted by atomic mass is 10.3. The third kappa shape index (κ3) is 1.21. The van der Waals surface area contributed by atoms with Gasteiger partial charge in [-0.05, 0) is 11.4 Å². The van der Waals surface area contributed by atoms with Crippen LogP contribution in [0.3, 0.4) is 0 Å². The molecule has 1 aromatic heterocycles. The molecule has 1 unspecified atom stereocenters. The van der Waals surface area contributed by atoms with Crippen LogP contribution in [-0.4, -0.2) is 31.4 Å². The molecule has 0 bridgehead atoms. The minimum atomic E-state index is -3.33. The van der Waals surface area contributed by atoms with E-state index in [0.717, 1.165) is 0 Å². The number of hydrogen-bond acceptors (Lipinski definition) is 4. The Hall–Kier alpha value is -0.430. The topological polar surface area (TPSA) is 57.6 Å². The molecule has 1 N–H and O–H groups in total. The highest BCUT2D eigenvalue weighted by molar-refractivity contribution is 7.89. The van der Waals surface area contributed by atoms with E-state index in [0.29, 0.717) is 4.88 Å². The Bertz CT molecular complexity index is 423. The SMILES string of the molecule is CN1CC(O)c2sccc2S1(=O)=O. The quantitative estimate of drug-likeness (QED) is 0.688. The van der Waals surface area contributed by atoms with Gasteiger partial charge >= 0.3 is 0 Å². The van der Waals surface area contributed by atoms with Crippen molar-refractivity contribution in [3.63, 3.8) is 0 Å². The van der Waals surface area contributed by atoms with Gasteiger partial charge in [-0.3, -0.25) is 0 Å². The number of aliphatic hydroxyl groups excluding tert-OH is 1. The Labute approximate surface area is 80.5 Å². The smallest absolute Gasteiger partial charge is 0.244 e. The zero-order valence-electron chi connectivity index (χ0n) is 6.97. The van der Waals surface area contributed by atoms with Crippen molar-refractivity contribution < 1.29 is 13.5 Å². The van der Waals surface area contributed by atoms with Gasteiger partial charge in [0.25, 0.3) is 0 Å². The maximum atomic E-state index is 11.6. The van der Waals surface area contributed by atoms with Crippen molar-refractivity contribution >= 4 is 21.4 Å². The van der Waals surface area contributed by atoms with Crippen molar-refractivity contribution in [1.29, 1.82) is 0 Å². The molecule has 72 valence electrons. The van der Waals surface area contributed by atoms with Gasteiger partial charge in [-0.2, -0.15) is 4.31 Å². The van der Waals surface area contributed by atoms with Crippen LogP contribution in [0.1, 0.15) is 11.0 Å². The van der Waals surface area contributed by atoms with E-state index in [1.54, 1.807) is 5.38 Å². The number of likely N-dealkylation sites (N-methyl/N-ethyl adjacent to an activating group) is 1. The predicted molar refractivity (Wildman–Crippen MR) is 49.1 cm³/mol. The fraction of sp³-hybridized carbons (Fsp3) is 0.429. The highest BCUT2D eigenvalue weighted by atomic mass is 32.2. The van der Waals surface area contributed by atoms with E-state index in [4.69, 9.17) is 0 Å². The Morgan fingerprint density at radius 1 is 1.69 bits per heavy atom. The average Bonchev–Trinajstić information content (AvgIpc) is 2.49. The molecule has 13 heavy (non-hydrogen) atoms. The average molecular weight is 219 g/mol. The Kier molecular flexibility index (Phi) is 1.95. The third-order valence-corrected chi connectivity index (χ3v) is 5.11. The molecule has 1 aliphatic rings. The van der Waals surface area contributed by atoms with E-state index < -0.39 is 16.1 Å². The van der Waals surface area contributed by atoms with Gasteiger partial charge in [-0.25, -0.2) is 8.42 Å². The number of β-amino-alcohol motifs (C(OH)–C–C–N with tert-alkyl or cyclic N) is 1. The maximum absolute atomic E-state index is 11.6. The van der Waals surface area contributed by atoms with Crippen molar-refractivity contribution in [2.45, 2.75) is 11.0 Å². The molecule has 1 aliphatic heterocycles. The molecule has 2 heterocycles. The molecule has 0 amide bonds. The van der Waals surface area contributed by atoms with Gasteiger partial charge in [0.05, 0.1) is 9.77 Å². The summed E-state index contributed by atoms with van der Waals surface area (Å²) in [6.45, 7) is 0.149. The van der Waals surface area contributed by atoms with Crippen LogP contribution < -0.4 is 0 Å². The molecule has 0 aliphatic carbocycles. The van der Waals surface area contributed by atoms with Gasteiger partial charge in [-0.1, -0.05) is 0 Å². The van der Waals surface area contributed by atoms with Gasteiger partial charge < -0.3 is 5.11 Å². The molecular formula is C7H9NO3S2. The zero-order chi connectivity index (χ0) is 9.64. The molecular weight excluding hydrogens is 210 g/mol. The van der Waals surface area contributed by atoms with E-state index in [9.17, 15) is 13.5 Å². The molecule has 0 saturated heterocycles. The summed E-state index contributed by atoms with van der Waals surface area (Å²) in [5.41, 5.74) is 0. The minimum absolute atomic E-state index is 0.149. The van der Waals surface area contributed by atoms with Crippen LogP contribution in [0.5, 0.6) is 0 Å². The van der Waals surface area contributed by atoms with Crippen LogP contribution in [0.25, 0.3) is 0 Å². The number of fused-ring (bicyclic) bond motifs is 1. The summed E-state index contributed by atoms with van der Waals surface area (Å²) in [7, 11) is -1.86. The fourth-order valence-electron chi connectivity index (χ4n) is 1.36. The number of aliphatic hydroxyl groups is 1. The highest BCUT2D eigenvalue weighted by Crippen LogP contribution is 2.34. The molecule has 0 spiro atoms. The summed E-state index contributed by atoms with van der Waals surface area (Å²) in [4.78, 5) is 0.803. The molecule has 4 nitrogen and oxygen atoms in total. The van der Waals surface area contributed by atoms with Crippen LogP contribution in [0, 0.1) is 0 Å². The largest absolute Gasteiger partial charge is 0.386 e. The van der Waals surface area contributed by atoms with Crippen molar-refractivity contribution in [3.05, 3.63) is 16.3 Å². The lowest BCUT2D eigenvalue weighted by Gasteiger charge is -2.25. The van der Waals surface area contributed by atoms with Gasteiger partial charge in [-0.15, -0.1) is 11.3 Å². The van der Waals surface area contributed by atoms with Crippen molar-refractivity contribution in [1.82, 2.24) is 4.31 Å². The maximum Gasteiger partial charge on any atom is 0.244 e. The molecule has 1 aromatic rings. The molecule has 1 atom stereocenters. The first-order valence-electron chi connectivity index (χ1n) is 3.75. The first-order valence-corrected chi connectivity index (χ1v) is 6.07. The normalized spacial score (nSPS) is 27.1. The van der Waals surface area contributed by atoms with Crippen molar-refractivity contribution in [2.75, 3.05) is 13.6 Å². The van der Waals surface area contributed by atoms with E-state index in [1.807, 2.05) is 0 Å². The summed E-state index contributed by atoms with van der Waals surface area (Å²) in [5.74, 6) is 0. The Morgan fingerprint density at radius 2 is 2.38 bits per heavy atom. The second-order valence-electron chi connectivity index (χ2n) is 2.95. The van der Waals surface area contributed by atoms with Gasteiger partial charge in [0.1, 0.15) is 6.10 Å². The fourth-order valence-corrected chi connectivity index (χ4v) is 3.97. The molecule has 0 saturated carbocycles. The van der Waals surface area contributed by atoms with Crippen LogP contribution in [0.2, 0.25) is 0 Å². The number of rotatable bonds is 0. The molecule has 2 rings (SSSR count). The highest BCUT2D eigenvalue weighted by Gasteiger charge is 2.34. The van der Waals surface area contributed by atoms with Crippen LogP contribution in [-0.2, 0) is 10.0 Å². The predicted octanol–water partition coefficient (Wildman–Crippen LogP) is 0.416. The summed E-state index contributed by atoms with van der Waals surface area (Å²) in [6, 6.07) is 1.54. The Balaban J connectivity index is 2.66. The minimum Gasteiger partial charge on any atom is -0.386 e. The monoisotopic (exact) mass is 219 g/mol. The molecule has 0 radical (unpaired) electrons. The lowest BCUT2D eigenvalue weighted by Crippen LogP contribution is -2.35. The number of nitrogens with zero attached hydrogens (tertiary/aromatic N) is 1. The first kappa shape index (κ1) is 9.14. The number of hydrogen-bond donors (Lipinski definition) is 1. The van der Waals surface area contributed by atoms with E-state index in [2.05, 4.69) is 0 Å². The van der Waals surface area contributed by atoms with Crippen molar-refractivity contribution in [2.24, 2.45) is 0 Å². The summed E-state index contributed by atoms with van der Waals surface area (Å²) in [6.07, 6.45) is -0.677. The molecule has 0 fully saturated rings. The van der Waals surface area contributed by atoms with Gasteiger partial charge in [0.2, 0.25) is 10.0 Å². The van der Waals surface area contributed by atoms with E-state index >= 15 is 0 Å². The second kappa shape index (κ2) is 2.78. The number of sulfonamides is 1. The van der Waals surface area contributed by atoms with Gasteiger partial charge in [0.15, 0.2) is 0 Å². The number of thiophene rings is 1. The van der Waals surface area contributed by atoms with Crippen LogP contribution in [0.15, 0.2) is 16.3 Å². The summed E-state index contributed by atoms with van der Waals surface area (Å²) < 4.78 is 24.4. The van der Waals surface area contributed by atoms with Gasteiger partial charge in [0, 0.05) is 13.6 Å². The van der Waals surface area contributed by atoms with Crippen LogP contribution >= 0.6 is 11.3 Å². The lowest BCUT2D eigenvalue weighted by molar-refractivity contribution is 0.150. The third-order valence-electron chi connectivity index (χ3n) is 2.08. The Morgan fingerprint density at radius 3 is 3.08 bits per heavy atom. The first-order chi connectivity index (χ1) is 6.03. The zero-order valence-corrected chi connectivity index (χ0v) is 8.60. The summed E-state index contributed by atoms with van der Waals surface area (Å²) >= 11 is 1.28. The van der Waals surface area contributed by atoms with E-state index in [-0.39, 0.29) is 11.4 Å².